The Morgan fingerprint density at radius 3 is 2.27 bits per heavy atom. The monoisotopic (exact) mass is 177 g/mol. The average molecular weight is 177 g/mol. The van der Waals surface area contributed by atoms with E-state index in [0.29, 0.717) is 5.92 Å². The number of carbonyl (C=O) groups is 1. The average Bonchev–Trinajstić information content (AvgIpc) is 2.41. The van der Waals surface area contributed by atoms with Gasteiger partial charge in [-0.05, 0) is 12.3 Å². The normalized spacial score (nSPS) is 29.6. The molecule has 0 unspecified atom stereocenters. The molecule has 1 fully saturated rings. The van der Waals surface area contributed by atoms with Crippen LogP contribution in [0.3, 0.4) is 0 Å². The van der Waals surface area contributed by atoms with Crippen LogP contribution >= 0.6 is 0 Å². The highest BCUT2D eigenvalue weighted by atomic mass is 32.2. The van der Waals surface area contributed by atoms with Crippen molar-refractivity contribution in [3.8, 4) is 0 Å². The van der Waals surface area contributed by atoms with E-state index in [2.05, 4.69) is 0 Å². The van der Waals surface area contributed by atoms with Crippen molar-refractivity contribution in [2.24, 2.45) is 11.8 Å². The number of carbonyl (C=O) groups excluding carboxylic acids is 1. The summed E-state index contributed by atoms with van der Waals surface area (Å²) >= 11 is 0. The molecule has 0 aromatic carbocycles. The SMILES string of the molecule is C[C@@H]1C[C@H]1C(=O)NS(C)(=O)=O. The van der Waals surface area contributed by atoms with Gasteiger partial charge in [0.25, 0.3) is 0 Å². The molecule has 0 heterocycles. The molecule has 0 aromatic heterocycles. The molecule has 0 radical (unpaired) electrons. The molecule has 1 N–H and O–H groups in total. The maximum atomic E-state index is 10.9. The van der Waals surface area contributed by atoms with E-state index in [9.17, 15) is 13.2 Å². The van der Waals surface area contributed by atoms with Crippen LogP contribution in [0.1, 0.15) is 13.3 Å². The minimum atomic E-state index is -3.35. The van der Waals surface area contributed by atoms with Crippen LogP contribution in [-0.2, 0) is 14.8 Å². The van der Waals surface area contributed by atoms with E-state index in [1.807, 2.05) is 11.6 Å². The molecule has 1 rings (SSSR count). The third kappa shape index (κ3) is 2.49. The smallest absolute Gasteiger partial charge is 0.236 e. The van der Waals surface area contributed by atoms with Crippen molar-refractivity contribution in [1.29, 1.82) is 0 Å². The molecular formula is C6H11NO3S. The summed E-state index contributed by atoms with van der Waals surface area (Å²) in [4.78, 5) is 10.9. The van der Waals surface area contributed by atoms with Crippen molar-refractivity contribution in [2.45, 2.75) is 13.3 Å². The molecular weight excluding hydrogens is 166 g/mol. The van der Waals surface area contributed by atoms with Crippen LogP contribution in [-0.4, -0.2) is 20.6 Å². The maximum absolute atomic E-state index is 10.9. The van der Waals surface area contributed by atoms with Crippen molar-refractivity contribution in [1.82, 2.24) is 4.72 Å². The van der Waals surface area contributed by atoms with Gasteiger partial charge in [0.1, 0.15) is 0 Å². The minimum absolute atomic E-state index is 0.0790. The van der Waals surface area contributed by atoms with Crippen LogP contribution in [0.4, 0.5) is 0 Å². The largest absolute Gasteiger partial charge is 0.274 e. The van der Waals surface area contributed by atoms with E-state index in [0.717, 1.165) is 12.7 Å². The standard InChI is InChI=1S/C6H11NO3S/c1-4-3-5(4)6(8)7-11(2,9)10/h4-5H,3H2,1-2H3,(H,7,8)/t4-,5-/m1/s1. The fourth-order valence-electron chi connectivity index (χ4n) is 0.946. The summed E-state index contributed by atoms with van der Waals surface area (Å²) < 4.78 is 23.0. The van der Waals surface area contributed by atoms with Crippen molar-refractivity contribution < 1.29 is 13.2 Å². The molecule has 1 saturated carbocycles. The van der Waals surface area contributed by atoms with Crippen LogP contribution in [0.5, 0.6) is 0 Å². The highest BCUT2D eigenvalue weighted by molar-refractivity contribution is 7.89. The minimum Gasteiger partial charge on any atom is -0.274 e. The molecule has 2 atom stereocenters. The highest BCUT2D eigenvalue weighted by Gasteiger charge is 2.39. The first-order chi connectivity index (χ1) is 4.90. The van der Waals surface area contributed by atoms with Gasteiger partial charge in [-0.3, -0.25) is 9.52 Å². The summed E-state index contributed by atoms with van der Waals surface area (Å²) in [6.45, 7) is 1.92. The Labute approximate surface area is 66.0 Å². The summed E-state index contributed by atoms with van der Waals surface area (Å²) in [6.07, 6.45) is 1.79. The summed E-state index contributed by atoms with van der Waals surface area (Å²) in [7, 11) is -3.35. The van der Waals surface area contributed by atoms with E-state index in [1.54, 1.807) is 0 Å². The van der Waals surface area contributed by atoms with Crippen molar-refractivity contribution in [2.75, 3.05) is 6.26 Å². The van der Waals surface area contributed by atoms with Gasteiger partial charge in [0.15, 0.2) is 0 Å². The second kappa shape index (κ2) is 2.48. The van der Waals surface area contributed by atoms with Gasteiger partial charge in [-0.2, -0.15) is 0 Å². The summed E-state index contributed by atoms with van der Waals surface area (Å²) in [5.74, 6) is -0.0959. The predicted octanol–water partition coefficient (Wildman–Crippen LogP) is -0.282. The van der Waals surface area contributed by atoms with Crippen LogP contribution in [0.25, 0.3) is 0 Å². The lowest BCUT2D eigenvalue weighted by Crippen LogP contribution is -2.30. The van der Waals surface area contributed by atoms with Crippen molar-refractivity contribution >= 4 is 15.9 Å². The van der Waals surface area contributed by atoms with Gasteiger partial charge < -0.3 is 0 Å². The van der Waals surface area contributed by atoms with E-state index in [4.69, 9.17) is 0 Å². The fraction of sp³-hybridized carbons (Fsp3) is 0.833. The Kier molecular flexibility index (Phi) is 1.92. The summed E-state index contributed by atoms with van der Waals surface area (Å²) in [6, 6.07) is 0. The molecule has 64 valence electrons. The number of hydrogen-bond donors (Lipinski definition) is 1. The predicted molar refractivity (Wildman–Crippen MR) is 40.3 cm³/mol. The molecule has 1 aliphatic rings. The van der Waals surface area contributed by atoms with E-state index in [-0.39, 0.29) is 11.8 Å². The maximum Gasteiger partial charge on any atom is 0.236 e. The fourth-order valence-corrected chi connectivity index (χ4v) is 1.46. The second-order valence-corrected chi connectivity index (χ2v) is 4.81. The molecule has 0 aliphatic heterocycles. The molecule has 0 spiro atoms. The molecule has 0 bridgehead atoms. The van der Waals surface area contributed by atoms with Gasteiger partial charge in [0.2, 0.25) is 15.9 Å². The second-order valence-electron chi connectivity index (χ2n) is 3.06. The van der Waals surface area contributed by atoms with Crippen LogP contribution in [0.15, 0.2) is 0 Å². The number of sulfonamides is 1. The van der Waals surface area contributed by atoms with Gasteiger partial charge in [0, 0.05) is 5.92 Å². The van der Waals surface area contributed by atoms with Crippen molar-refractivity contribution in [3.63, 3.8) is 0 Å². The summed E-state index contributed by atoms with van der Waals surface area (Å²) in [5.41, 5.74) is 0. The zero-order valence-corrected chi connectivity index (χ0v) is 7.31. The first-order valence-corrected chi connectivity index (χ1v) is 5.31. The third-order valence-electron chi connectivity index (χ3n) is 1.73. The quantitative estimate of drug-likeness (QED) is 0.631. The Bertz CT molecular complexity index is 270. The van der Waals surface area contributed by atoms with E-state index >= 15 is 0 Å². The molecule has 0 aromatic rings. The lowest BCUT2D eigenvalue weighted by atomic mass is 10.3. The lowest BCUT2D eigenvalue weighted by molar-refractivity contribution is -0.120. The van der Waals surface area contributed by atoms with Gasteiger partial charge in [-0.1, -0.05) is 6.92 Å². The van der Waals surface area contributed by atoms with Crippen molar-refractivity contribution in [3.05, 3.63) is 0 Å². The van der Waals surface area contributed by atoms with E-state index < -0.39 is 10.0 Å². The Morgan fingerprint density at radius 2 is 2.00 bits per heavy atom. The number of hydrogen-bond acceptors (Lipinski definition) is 3. The Balaban J connectivity index is 2.46. The van der Waals surface area contributed by atoms with Crippen LogP contribution in [0, 0.1) is 11.8 Å². The topological polar surface area (TPSA) is 63.2 Å². The number of amides is 1. The first-order valence-electron chi connectivity index (χ1n) is 3.42. The molecule has 5 heteroatoms. The summed E-state index contributed by atoms with van der Waals surface area (Å²) in [5, 5.41) is 0. The lowest BCUT2D eigenvalue weighted by Gasteiger charge is -1.99. The first kappa shape index (κ1) is 8.52. The molecule has 1 amide bonds. The van der Waals surface area contributed by atoms with Crippen LogP contribution < -0.4 is 4.72 Å². The van der Waals surface area contributed by atoms with Gasteiger partial charge >= 0.3 is 0 Å². The third-order valence-corrected chi connectivity index (χ3v) is 2.30. The molecule has 11 heavy (non-hydrogen) atoms. The zero-order valence-electron chi connectivity index (χ0n) is 6.49. The highest BCUT2D eigenvalue weighted by Crippen LogP contribution is 2.37. The van der Waals surface area contributed by atoms with E-state index in [1.165, 1.54) is 0 Å². The Hall–Kier alpha value is -0.580. The van der Waals surface area contributed by atoms with Crippen LogP contribution in [0.2, 0.25) is 0 Å². The van der Waals surface area contributed by atoms with Gasteiger partial charge in [-0.15, -0.1) is 0 Å². The molecule has 0 saturated heterocycles. The number of nitrogens with one attached hydrogen (secondary N) is 1. The molecule has 4 nitrogen and oxygen atoms in total. The zero-order chi connectivity index (χ0) is 8.65. The van der Waals surface area contributed by atoms with Gasteiger partial charge in [-0.25, -0.2) is 8.42 Å². The number of rotatable bonds is 2. The van der Waals surface area contributed by atoms with Gasteiger partial charge in [0.05, 0.1) is 6.26 Å². The molecule has 1 aliphatic carbocycles. The Morgan fingerprint density at radius 1 is 1.55 bits per heavy atom.